The summed E-state index contributed by atoms with van der Waals surface area (Å²) in [5, 5.41) is 5.73. The third-order valence-corrected chi connectivity index (χ3v) is 6.70. The Kier molecular flexibility index (Phi) is 6.55. The Hall–Kier alpha value is -2.88. The average Bonchev–Trinajstić information content (AvgIpc) is 3.15. The van der Waals surface area contributed by atoms with Gasteiger partial charge in [0.1, 0.15) is 10.1 Å². The summed E-state index contributed by atoms with van der Waals surface area (Å²) < 4.78 is 6.86. The normalized spacial score (nSPS) is 12.4. The highest BCUT2D eigenvalue weighted by atomic mass is 32.2. The Morgan fingerprint density at radius 2 is 2.06 bits per heavy atom. The second kappa shape index (κ2) is 9.51. The average molecular weight is 455 g/mol. The van der Waals surface area contributed by atoms with E-state index in [0.717, 1.165) is 21.5 Å². The zero-order chi connectivity index (χ0) is 21.8. The molecule has 0 saturated carbocycles. The molecule has 2 aromatic carbocycles. The Morgan fingerprint density at radius 3 is 2.90 bits per heavy atom. The van der Waals surface area contributed by atoms with E-state index in [2.05, 4.69) is 20.5 Å². The van der Waals surface area contributed by atoms with Crippen molar-refractivity contribution in [2.45, 2.75) is 10.9 Å². The molecule has 7 nitrogen and oxygen atoms in total. The molecule has 0 bridgehead atoms. The Labute approximate surface area is 188 Å². The summed E-state index contributed by atoms with van der Waals surface area (Å²) in [6.07, 6.45) is 1.80. The minimum absolute atomic E-state index is 0.228. The number of amides is 2. The van der Waals surface area contributed by atoms with E-state index in [0.29, 0.717) is 34.9 Å². The molecular formula is C22H22N4O3S2. The number of fused-ring (bicyclic) bond motifs is 2. The number of hydrogen-bond acceptors (Lipinski definition) is 7. The van der Waals surface area contributed by atoms with Gasteiger partial charge in [0.15, 0.2) is 5.75 Å². The van der Waals surface area contributed by atoms with Crippen LogP contribution in [0.5, 0.6) is 11.5 Å². The molecule has 0 spiro atoms. The fourth-order valence-electron chi connectivity index (χ4n) is 2.93. The number of thiazole rings is 1. The topological polar surface area (TPSA) is 83.6 Å². The van der Waals surface area contributed by atoms with Gasteiger partial charge in [-0.25, -0.2) is 4.98 Å². The molecule has 0 unspecified atom stereocenters. The number of para-hydroxylation sites is 1. The summed E-state index contributed by atoms with van der Waals surface area (Å²) in [5.74, 6) is 1.46. The molecule has 1 aliphatic rings. The number of thioether (sulfide) groups is 1. The lowest BCUT2D eigenvalue weighted by Gasteiger charge is -2.10. The van der Waals surface area contributed by atoms with Gasteiger partial charge in [-0.3, -0.25) is 9.59 Å². The fraction of sp³-hybridized carbons (Fsp3) is 0.227. The van der Waals surface area contributed by atoms with Crippen LogP contribution in [0.2, 0.25) is 0 Å². The molecule has 0 fully saturated rings. The van der Waals surface area contributed by atoms with Crippen molar-refractivity contribution < 1.29 is 14.3 Å². The Morgan fingerprint density at radius 1 is 1.23 bits per heavy atom. The third-order valence-electron chi connectivity index (χ3n) is 4.56. The van der Waals surface area contributed by atoms with Crippen molar-refractivity contribution in [3.63, 3.8) is 0 Å². The molecule has 0 atom stereocenters. The second-order valence-corrected chi connectivity index (χ2v) is 9.65. The molecule has 160 valence electrons. The monoisotopic (exact) mass is 454 g/mol. The highest BCUT2D eigenvalue weighted by Crippen LogP contribution is 2.36. The van der Waals surface area contributed by atoms with Gasteiger partial charge >= 0.3 is 0 Å². The van der Waals surface area contributed by atoms with E-state index >= 15 is 0 Å². The summed E-state index contributed by atoms with van der Waals surface area (Å²) in [6, 6.07) is 12.0. The van der Waals surface area contributed by atoms with Gasteiger partial charge in [-0.2, -0.15) is 0 Å². The van der Waals surface area contributed by atoms with Gasteiger partial charge < -0.3 is 20.3 Å². The number of anilines is 1. The number of ether oxygens (including phenoxy) is 1. The van der Waals surface area contributed by atoms with Crippen LogP contribution in [0.15, 0.2) is 53.0 Å². The number of carbonyl (C=O) groups is 2. The van der Waals surface area contributed by atoms with Crippen molar-refractivity contribution in [3.05, 3.63) is 64.7 Å². The molecule has 3 aromatic rings. The summed E-state index contributed by atoms with van der Waals surface area (Å²) in [7, 11) is 4.09. The van der Waals surface area contributed by atoms with Crippen LogP contribution in [0.3, 0.4) is 0 Å². The lowest BCUT2D eigenvalue weighted by atomic mass is 10.1. The van der Waals surface area contributed by atoms with Crippen LogP contribution in [-0.4, -0.2) is 48.1 Å². The van der Waals surface area contributed by atoms with Crippen molar-refractivity contribution in [2.24, 2.45) is 0 Å². The van der Waals surface area contributed by atoms with Crippen molar-refractivity contribution in [3.8, 4) is 11.5 Å². The largest absolute Gasteiger partial charge is 0.454 e. The van der Waals surface area contributed by atoms with Crippen molar-refractivity contribution in [1.29, 1.82) is 0 Å². The molecule has 31 heavy (non-hydrogen) atoms. The van der Waals surface area contributed by atoms with Gasteiger partial charge in [0.25, 0.3) is 11.8 Å². The molecule has 2 heterocycles. The Bertz CT molecular complexity index is 1110. The molecule has 2 amide bonds. The lowest BCUT2D eigenvalue weighted by molar-refractivity contribution is 0.0950. The fourth-order valence-corrected chi connectivity index (χ4v) is 5.08. The predicted octanol–water partition coefficient (Wildman–Crippen LogP) is 4.08. The summed E-state index contributed by atoms with van der Waals surface area (Å²) in [5.41, 5.74) is 1.36. The number of nitrogens with one attached hydrogen (secondary N) is 2. The smallest absolute Gasteiger partial charge is 0.259 e. The van der Waals surface area contributed by atoms with Crippen LogP contribution in [0.1, 0.15) is 25.6 Å². The first-order chi connectivity index (χ1) is 15.0. The maximum Gasteiger partial charge on any atom is 0.259 e. The molecule has 0 aliphatic carbocycles. The Balaban J connectivity index is 1.39. The highest BCUT2D eigenvalue weighted by molar-refractivity contribution is 8.01. The summed E-state index contributed by atoms with van der Waals surface area (Å²) >= 11 is 3.29. The molecule has 0 radical (unpaired) electrons. The van der Waals surface area contributed by atoms with Crippen LogP contribution in [0.4, 0.5) is 5.69 Å². The lowest BCUT2D eigenvalue weighted by Crippen LogP contribution is -2.22. The van der Waals surface area contributed by atoms with Crippen molar-refractivity contribution >= 4 is 40.6 Å². The van der Waals surface area contributed by atoms with Crippen LogP contribution in [0.25, 0.3) is 0 Å². The van der Waals surface area contributed by atoms with Gasteiger partial charge in [0.05, 0.1) is 17.8 Å². The van der Waals surface area contributed by atoms with E-state index < -0.39 is 0 Å². The van der Waals surface area contributed by atoms with E-state index in [1.807, 2.05) is 20.2 Å². The van der Waals surface area contributed by atoms with Gasteiger partial charge in [-0.15, -0.1) is 11.3 Å². The van der Waals surface area contributed by atoms with E-state index in [9.17, 15) is 9.59 Å². The zero-order valence-corrected chi connectivity index (χ0v) is 18.8. The first-order valence-corrected chi connectivity index (χ1v) is 11.5. The minimum Gasteiger partial charge on any atom is -0.454 e. The molecule has 1 aromatic heterocycles. The van der Waals surface area contributed by atoms with Crippen LogP contribution < -0.4 is 15.4 Å². The first kappa shape index (κ1) is 21.4. The molecule has 9 heteroatoms. The molecule has 4 rings (SSSR count). The van der Waals surface area contributed by atoms with Crippen molar-refractivity contribution in [2.75, 3.05) is 31.7 Å². The van der Waals surface area contributed by atoms with Crippen molar-refractivity contribution in [1.82, 2.24) is 15.2 Å². The van der Waals surface area contributed by atoms with E-state index in [-0.39, 0.29) is 11.8 Å². The number of benzene rings is 2. The first-order valence-electron chi connectivity index (χ1n) is 9.72. The number of rotatable bonds is 7. The van der Waals surface area contributed by atoms with E-state index in [4.69, 9.17) is 4.74 Å². The van der Waals surface area contributed by atoms with Gasteiger partial charge in [-0.1, -0.05) is 23.9 Å². The molecule has 2 N–H and O–H groups in total. The number of carbonyl (C=O) groups excluding carboxylic acids is 2. The van der Waals surface area contributed by atoms with Crippen LogP contribution in [-0.2, 0) is 6.54 Å². The zero-order valence-electron chi connectivity index (χ0n) is 17.2. The summed E-state index contributed by atoms with van der Waals surface area (Å²) in [4.78, 5) is 32.7. The standard InChI is InChI=1S/C22H22N4O3S2/c1-26(2)9-10-30-22-24-13-15(31-22)12-23-20(27)14-7-8-19-17(11-14)25-21(28)16-5-3-4-6-18(16)29-19/h3-8,11,13H,9-10,12H2,1-2H3,(H,23,27)(H,25,28). The number of aromatic nitrogens is 1. The van der Waals surface area contributed by atoms with Crippen LogP contribution >= 0.6 is 23.1 Å². The minimum atomic E-state index is -0.268. The number of hydrogen-bond donors (Lipinski definition) is 2. The van der Waals surface area contributed by atoms with E-state index in [1.165, 1.54) is 0 Å². The summed E-state index contributed by atoms with van der Waals surface area (Å²) in [6.45, 7) is 1.39. The second-order valence-electron chi connectivity index (χ2n) is 7.19. The SMILES string of the molecule is CN(C)CCSc1ncc(CNC(=O)c2ccc3c(c2)NC(=O)c2ccccc2O3)s1. The maximum absolute atomic E-state index is 12.7. The third kappa shape index (κ3) is 5.25. The molecule has 0 saturated heterocycles. The van der Waals surface area contributed by atoms with E-state index in [1.54, 1.807) is 65.7 Å². The maximum atomic E-state index is 12.7. The number of nitrogens with zero attached hydrogens (tertiary/aromatic N) is 2. The highest BCUT2D eigenvalue weighted by Gasteiger charge is 2.21. The van der Waals surface area contributed by atoms with Gasteiger partial charge in [0, 0.05) is 28.9 Å². The predicted molar refractivity (Wildman–Crippen MR) is 123 cm³/mol. The molecule has 1 aliphatic heterocycles. The quantitative estimate of drug-likeness (QED) is 0.524. The van der Waals surface area contributed by atoms with Crippen LogP contribution in [0, 0.1) is 0 Å². The molecular weight excluding hydrogens is 432 g/mol. The van der Waals surface area contributed by atoms with Gasteiger partial charge in [0.2, 0.25) is 0 Å². The van der Waals surface area contributed by atoms with Gasteiger partial charge in [-0.05, 0) is 44.4 Å².